The minimum Gasteiger partial charge on any atom is -0.497 e. The Morgan fingerprint density at radius 2 is 2.11 bits per heavy atom. The Morgan fingerprint density at radius 3 is 2.96 bits per heavy atom. The van der Waals surface area contributed by atoms with Gasteiger partial charge >= 0.3 is 0 Å². The van der Waals surface area contributed by atoms with Crippen LogP contribution in [-0.4, -0.2) is 30.3 Å². The van der Waals surface area contributed by atoms with E-state index in [2.05, 4.69) is 39.9 Å². The van der Waals surface area contributed by atoms with Crippen molar-refractivity contribution in [2.24, 2.45) is 5.10 Å². The minimum absolute atomic E-state index is 0.0688. The number of nitrogens with zero attached hydrogens (tertiary/aromatic N) is 1. The highest BCUT2D eigenvalue weighted by molar-refractivity contribution is 5.89. The third kappa shape index (κ3) is 3.44. The first-order chi connectivity index (χ1) is 13.2. The molecule has 0 saturated heterocycles. The highest BCUT2D eigenvalue weighted by Gasteiger charge is 2.30. The van der Waals surface area contributed by atoms with Crippen LogP contribution in [-0.2, 0) is 11.2 Å². The molecule has 2 atom stereocenters. The zero-order chi connectivity index (χ0) is 18.8. The van der Waals surface area contributed by atoms with E-state index in [0.29, 0.717) is 6.42 Å². The summed E-state index contributed by atoms with van der Waals surface area (Å²) in [4.78, 5) is 16.1. The van der Waals surface area contributed by atoms with Gasteiger partial charge in [0, 0.05) is 22.6 Å². The molecular formula is C21H22N4O2. The van der Waals surface area contributed by atoms with Crippen molar-refractivity contribution in [3.05, 3.63) is 65.4 Å². The van der Waals surface area contributed by atoms with E-state index in [1.54, 1.807) is 13.3 Å². The standard InChI is InChI=1S/C21H22N4O2/c1-13-20-17(16-8-3-4-9-18(16)24-20)11-19(23-13)21(26)25-22-12-14-6-5-7-15(10-14)27-2/h3-10,12-13,19,23-24H,11H2,1-2H3,(H,25,26)/t13-,19-/m0/s1. The second-order valence-corrected chi connectivity index (χ2v) is 6.72. The number of carbonyl (C=O) groups excluding carboxylic acids is 1. The molecule has 6 nitrogen and oxygen atoms in total. The molecule has 0 fully saturated rings. The summed E-state index contributed by atoms with van der Waals surface area (Å²) in [5.74, 6) is 0.608. The van der Waals surface area contributed by atoms with Crippen LogP contribution in [0.1, 0.15) is 29.8 Å². The van der Waals surface area contributed by atoms with Crippen molar-refractivity contribution in [1.29, 1.82) is 0 Å². The van der Waals surface area contributed by atoms with Gasteiger partial charge in [0.05, 0.1) is 19.4 Å². The normalized spacial score (nSPS) is 19.2. The number of methoxy groups -OCH3 is 1. The van der Waals surface area contributed by atoms with Crippen LogP contribution in [0.5, 0.6) is 5.75 Å². The summed E-state index contributed by atoms with van der Waals surface area (Å²) in [5, 5.41) is 8.64. The molecule has 0 bridgehead atoms. The lowest BCUT2D eigenvalue weighted by molar-refractivity contribution is -0.123. The number of benzene rings is 2. The zero-order valence-corrected chi connectivity index (χ0v) is 15.3. The summed E-state index contributed by atoms with van der Waals surface area (Å²) in [6.07, 6.45) is 2.24. The maximum Gasteiger partial charge on any atom is 0.257 e. The Labute approximate surface area is 157 Å². The number of ether oxygens (including phenoxy) is 1. The molecule has 2 aromatic carbocycles. The van der Waals surface area contributed by atoms with E-state index in [0.717, 1.165) is 22.5 Å². The number of aromatic amines is 1. The molecule has 0 aliphatic carbocycles. The van der Waals surface area contributed by atoms with Gasteiger partial charge in [-0.3, -0.25) is 10.1 Å². The predicted molar refractivity (Wildman–Crippen MR) is 106 cm³/mol. The van der Waals surface area contributed by atoms with Crippen molar-refractivity contribution >= 4 is 23.0 Å². The molecule has 0 spiro atoms. The first-order valence-corrected chi connectivity index (χ1v) is 8.98. The van der Waals surface area contributed by atoms with Crippen LogP contribution in [0.25, 0.3) is 10.9 Å². The Morgan fingerprint density at radius 1 is 1.26 bits per heavy atom. The van der Waals surface area contributed by atoms with Gasteiger partial charge in [-0.25, -0.2) is 5.43 Å². The minimum atomic E-state index is -0.325. The number of para-hydroxylation sites is 1. The van der Waals surface area contributed by atoms with Crippen LogP contribution in [0, 0.1) is 0 Å². The third-order valence-corrected chi connectivity index (χ3v) is 4.94. The first kappa shape index (κ1) is 17.3. The summed E-state index contributed by atoms with van der Waals surface area (Å²) >= 11 is 0. The molecule has 138 valence electrons. The topological polar surface area (TPSA) is 78.5 Å². The number of hydrazone groups is 1. The van der Waals surface area contributed by atoms with Crippen molar-refractivity contribution in [3.63, 3.8) is 0 Å². The van der Waals surface area contributed by atoms with Gasteiger partial charge in [-0.2, -0.15) is 5.10 Å². The lowest BCUT2D eigenvalue weighted by Gasteiger charge is -2.27. The summed E-state index contributed by atoms with van der Waals surface area (Å²) < 4.78 is 5.19. The van der Waals surface area contributed by atoms with Gasteiger partial charge in [0.15, 0.2) is 0 Å². The van der Waals surface area contributed by atoms with Gasteiger partial charge in [-0.1, -0.05) is 30.3 Å². The van der Waals surface area contributed by atoms with Crippen molar-refractivity contribution in [3.8, 4) is 5.75 Å². The molecule has 6 heteroatoms. The lowest BCUT2D eigenvalue weighted by Crippen LogP contribution is -2.47. The predicted octanol–water partition coefficient (Wildman–Crippen LogP) is 2.90. The quantitative estimate of drug-likeness (QED) is 0.493. The molecule has 3 aromatic rings. The van der Waals surface area contributed by atoms with Crippen molar-refractivity contribution in [2.45, 2.75) is 25.4 Å². The van der Waals surface area contributed by atoms with E-state index in [4.69, 9.17) is 4.74 Å². The van der Waals surface area contributed by atoms with Gasteiger partial charge in [0.25, 0.3) is 5.91 Å². The van der Waals surface area contributed by atoms with Crippen LogP contribution in [0.3, 0.4) is 0 Å². The van der Waals surface area contributed by atoms with Crippen molar-refractivity contribution in [2.75, 3.05) is 7.11 Å². The smallest absolute Gasteiger partial charge is 0.257 e. The lowest BCUT2D eigenvalue weighted by atomic mass is 9.94. The average Bonchev–Trinajstić information content (AvgIpc) is 3.07. The van der Waals surface area contributed by atoms with Gasteiger partial charge in [-0.05, 0) is 42.7 Å². The average molecular weight is 362 g/mol. The fourth-order valence-corrected chi connectivity index (χ4v) is 3.60. The molecule has 1 aromatic heterocycles. The Hall–Kier alpha value is -3.12. The summed E-state index contributed by atoms with van der Waals surface area (Å²) in [6.45, 7) is 2.06. The van der Waals surface area contributed by atoms with Crippen LogP contribution < -0.4 is 15.5 Å². The highest BCUT2D eigenvalue weighted by atomic mass is 16.5. The number of rotatable bonds is 4. The number of H-pyrrole nitrogens is 1. The number of hydrogen-bond acceptors (Lipinski definition) is 4. The molecular weight excluding hydrogens is 340 g/mol. The number of aromatic nitrogens is 1. The van der Waals surface area contributed by atoms with Crippen molar-refractivity contribution < 1.29 is 9.53 Å². The van der Waals surface area contributed by atoms with E-state index in [9.17, 15) is 4.79 Å². The van der Waals surface area contributed by atoms with Gasteiger partial charge in [-0.15, -0.1) is 0 Å². The van der Waals surface area contributed by atoms with Gasteiger partial charge < -0.3 is 9.72 Å². The van der Waals surface area contributed by atoms with Crippen LogP contribution >= 0.6 is 0 Å². The SMILES string of the molecule is COc1cccc(C=NNC(=O)[C@@H]2Cc3c([nH]c4ccccc34)[C@H](C)N2)c1. The molecule has 1 aliphatic heterocycles. The fraction of sp³-hybridized carbons (Fsp3) is 0.238. The van der Waals surface area contributed by atoms with E-state index in [1.807, 2.05) is 36.4 Å². The summed E-state index contributed by atoms with van der Waals surface area (Å²) in [6, 6.07) is 15.4. The van der Waals surface area contributed by atoms with Gasteiger partial charge in [0.1, 0.15) is 5.75 Å². The van der Waals surface area contributed by atoms with E-state index < -0.39 is 0 Å². The first-order valence-electron chi connectivity index (χ1n) is 8.98. The largest absolute Gasteiger partial charge is 0.497 e. The Balaban J connectivity index is 1.47. The highest BCUT2D eigenvalue weighted by Crippen LogP contribution is 2.31. The number of nitrogens with one attached hydrogen (secondary N) is 3. The molecule has 27 heavy (non-hydrogen) atoms. The monoisotopic (exact) mass is 362 g/mol. The summed E-state index contributed by atoms with van der Waals surface area (Å²) in [7, 11) is 1.62. The second-order valence-electron chi connectivity index (χ2n) is 6.72. The number of hydrogen-bond donors (Lipinski definition) is 3. The second kappa shape index (κ2) is 7.25. The molecule has 1 aliphatic rings. The number of fused-ring (bicyclic) bond motifs is 3. The molecule has 0 radical (unpaired) electrons. The molecule has 0 saturated carbocycles. The number of carbonyl (C=O) groups is 1. The van der Waals surface area contributed by atoms with Crippen LogP contribution in [0.15, 0.2) is 53.6 Å². The third-order valence-electron chi connectivity index (χ3n) is 4.94. The van der Waals surface area contributed by atoms with Crippen LogP contribution in [0.2, 0.25) is 0 Å². The Bertz CT molecular complexity index is 1010. The molecule has 0 unspecified atom stereocenters. The maximum atomic E-state index is 12.6. The molecule has 3 N–H and O–H groups in total. The summed E-state index contributed by atoms with van der Waals surface area (Å²) in [5.41, 5.74) is 6.97. The van der Waals surface area contributed by atoms with E-state index in [1.165, 1.54) is 10.9 Å². The maximum absolute atomic E-state index is 12.6. The van der Waals surface area contributed by atoms with Crippen molar-refractivity contribution in [1.82, 2.24) is 15.7 Å². The van der Waals surface area contributed by atoms with E-state index in [-0.39, 0.29) is 18.0 Å². The molecule has 1 amide bonds. The van der Waals surface area contributed by atoms with Gasteiger partial charge in [0.2, 0.25) is 0 Å². The van der Waals surface area contributed by atoms with E-state index >= 15 is 0 Å². The molecule has 2 heterocycles. The Kier molecular flexibility index (Phi) is 4.64. The fourth-order valence-electron chi connectivity index (χ4n) is 3.60. The van der Waals surface area contributed by atoms with Crippen LogP contribution in [0.4, 0.5) is 0 Å². The number of amides is 1. The molecule has 4 rings (SSSR count). The zero-order valence-electron chi connectivity index (χ0n) is 15.3.